The van der Waals surface area contributed by atoms with Crippen molar-refractivity contribution in [2.24, 2.45) is 10.2 Å². The van der Waals surface area contributed by atoms with E-state index in [2.05, 4.69) is 20.9 Å². The maximum absolute atomic E-state index is 11.8. The SMILES string of the molecule is CNCOC(=O)C(C)(C)N=NC(C)(C)C(=O)NCCO. The number of hydrogen-bond acceptors (Lipinski definition) is 7. The number of nitrogens with zero attached hydrogens (tertiary/aromatic N) is 2. The number of azo groups is 1. The van der Waals surface area contributed by atoms with Crippen LogP contribution in [-0.2, 0) is 14.3 Å². The highest BCUT2D eigenvalue weighted by Crippen LogP contribution is 2.17. The van der Waals surface area contributed by atoms with Gasteiger partial charge in [0.05, 0.1) is 6.61 Å². The van der Waals surface area contributed by atoms with Crippen LogP contribution in [0.1, 0.15) is 27.7 Å². The van der Waals surface area contributed by atoms with Gasteiger partial charge >= 0.3 is 5.97 Å². The van der Waals surface area contributed by atoms with Crippen molar-refractivity contribution in [1.82, 2.24) is 10.6 Å². The number of aliphatic hydroxyl groups excluding tert-OH is 1. The van der Waals surface area contributed by atoms with Gasteiger partial charge in [0, 0.05) is 6.54 Å². The third-order valence-electron chi connectivity index (χ3n) is 2.35. The van der Waals surface area contributed by atoms with Crippen LogP contribution < -0.4 is 10.6 Å². The third kappa shape index (κ3) is 6.07. The number of esters is 1. The number of aliphatic hydroxyl groups is 1. The monoisotopic (exact) mass is 288 g/mol. The lowest BCUT2D eigenvalue weighted by atomic mass is 10.1. The average molecular weight is 288 g/mol. The quantitative estimate of drug-likeness (QED) is 0.326. The van der Waals surface area contributed by atoms with E-state index < -0.39 is 17.0 Å². The topological polar surface area (TPSA) is 112 Å². The van der Waals surface area contributed by atoms with Gasteiger partial charge in [-0.25, -0.2) is 4.79 Å². The zero-order valence-electron chi connectivity index (χ0n) is 12.7. The Balaban J connectivity index is 4.72. The molecule has 0 atom stereocenters. The minimum absolute atomic E-state index is 0.0815. The summed E-state index contributed by atoms with van der Waals surface area (Å²) in [6.07, 6.45) is 0. The fraction of sp³-hybridized carbons (Fsp3) is 0.833. The van der Waals surface area contributed by atoms with Crippen LogP contribution in [0.2, 0.25) is 0 Å². The predicted octanol–water partition coefficient (Wildman–Crippen LogP) is -0.176. The molecule has 0 radical (unpaired) electrons. The second-order valence-corrected chi connectivity index (χ2v) is 5.23. The Hall–Kier alpha value is -1.54. The third-order valence-corrected chi connectivity index (χ3v) is 2.35. The molecule has 3 N–H and O–H groups in total. The number of ether oxygens (including phenoxy) is 1. The second-order valence-electron chi connectivity index (χ2n) is 5.23. The molecule has 0 saturated carbocycles. The van der Waals surface area contributed by atoms with Crippen LogP contribution >= 0.6 is 0 Å². The van der Waals surface area contributed by atoms with Crippen LogP contribution in [-0.4, -0.2) is 55.0 Å². The van der Waals surface area contributed by atoms with E-state index in [1.54, 1.807) is 34.7 Å². The standard InChI is InChI=1S/C12H24N4O4/c1-11(2,9(18)14-6-7-17)15-16-12(3,4)10(19)20-8-13-5/h13,17H,6-8H2,1-5H3,(H,14,18). The van der Waals surface area contributed by atoms with Gasteiger partial charge in [0.15, 0.2) is 11.1 Å². The smallest absolute Gasteiger partial charge is 0.336 e. The number of rotatable bonds is 8. The van der Waals surface area contributed by atoms with Crippen molar-refractivity contribution in [2.75, 3.05) is 26.9 Å². The molecule has 0 heterocycles. The van der Waals surface area contributed by atoms with Crippen molar-refractivity contribution in [1.29, 1.82) is 0 Å². The number of amides is 1. The van der Waals surface area contributed by atoms with E-state index in [1.807, 2.05) is 0 Å². The molecule has 0 aromatic carbocycles. The molecule has 0 rings (SSSR count). The average Bonchev–Trinajstić information content (AvgIpc) is 2.39. The van der Waals surface area contributed by atoms with Crippen molar-refractivity contribution in [2.45, 2.75) is 38.8 Å². The Kier molecular flexibility index (Phi) is 7.30. The summed E-state index contributed by atoms with van der Waals surface area (Å²) >= 11 is 0. The molecule has 0 saturated heterocycles. The zero-order chi connectivity index (χ0) is 15.8. The molecule has 8 heteroatoms. The molecule has 0 unspecified atom stereocenters. The highest BCUT2D eigenvalue weighted by atomic mass is 16.5. The first kappa shape index (κ1) is 18.5. The lowest BCUT2D eigenvalue weighted by Crippen LogP contribution is -2.42. The van der Waals surface area contributed by atoms with Gasteiger partial charge in [-0.15, -0.1) is 0 Å². The van der Waals surface area contributed by atoms with Crippen molar-refractivity contribution in [3.8, 4) is 0 Å². The number of carbonyl (C=O) groups is 2. The van der Waals surface area contributed by atoms with Gasteiger partial charge in [-0.2, -0.15) is 10.2 Å². The van der Waals surface area contributed by atoms with Crippen molar-refractivity contribution in [3.05, 3.63) is 0 Å². The minimum atomic E-state index is -1.18. The van der Waals surface area contributed by atoms with E-state index in [9.17, 15) is 9.59 Å². The number of nitrogens with one attached hydrogen (secondary N) is 2. The molecule has 1 amide bonds. The first-order valence-electron chi connectivity index (χ1n) is 6.32. The van der Waals surface area contributed by atoms with Gasteiger partial charge in [0.2, 0.25) is 5.91 Å². The Morgan fingerprint density at radius 3 is 2.20 bits per heavy atom. The minimum Gasteiger partial charge on any atom is -0.448 e. The normalized spacial score (nSPS) is 12.5. The molecule has 116 valence electrons. The molecule has 0 spiro atoms. The Labute approximate surface area is 119 Å². The van der Waals surface area contributed by atoms with E-state index in [4.69, 9.17) is 9.84 Å². The van der Waals surface area contributed by atoms with Crippen LogP contribution in [0.3, 0.4) is 0 Å². The van der Waals surface area contributed by atoms with E-state index >= 15 is 0 Å². The summed E-state index contributed by atoms with van der Waals surface area (Å²) in [5.41, 5.74) is -2.30. The van der Waals surface area contributed by atoms with Gasteiger partial charge in [0.1, 0.15) is 6.73 Å². The number of carbonyl (C=O) groups excluding carboxylic acids is 2. The van der Waals surface area contributed by atoms with Gasteiger partial charge < -0.3 is 15.2 Å². The summed E-state index contributed by atoms with van der Waals surface area (Å²) in [6.45, 7) is 6.31. The molecule has 20 heavy (non-hydrogen) atoms. The molecule has 8 nitrogen and oxygen atoms in total. The summed E-state index contributed by atoms with van der Waals surface area (Å²) < 4.78 is 4.91. The van der Waals surface area contributed by atoms with Gasteiger partial charge in [-0.1, -0.05) is 0 Å². The fourth-order valence-corrected chi connectivity index (χ4v) is 1.04. The molecule has 0 aromatic rings. The molecule has 0 aliphatic carbocycles. The van der Waals surface area contributed by atoms with Crippen LogP contribution in [0.5, 0.6) is 0 Å². The van der Waals surface area contributed by atoms with E-state index in [-0.39, 0.29) is 25.8 Å². The Morgan fingerprint density at radius 2 is 1.70 bits per heavy atom. The summed E-state index contributed by atoms with van der Waals surface area (Å²) in [5, 5.41) is 21.7. The van der Waals surface area contributed by atoms with Crippen molar-refractivity contribution < 1.29 is 19.4 Å². The van der Waals surface area contributed by atoms with E-state index in [1.165, 1.54) is 0 Å². The molecule has 0 bridgehead atoms. The van der Waals surface area contributed by atoms with Crippen LogP contribution in [0.15, 0.2) is 10.2 Å². The molecular weight excluding hydrogens is 264 g/mol. The summed E-state index contributed by atoms with van der Waals surface area (Å²) in [6, 6.07) is 0. The molecular formula is C12H24N4O4. The maximum Gasteiger partial charge on any atom is 0.336 e. The van der Waals surface area contributed by atoms with Gasteiger partial charge in [-0.3, -0.25) is 10.1 Å². The van der Waals surface area contributed by atoms with Gasteiger partial charge in [0.25, 0.3) is 0 Å². The Morgan fingerprint density at radius 1 is 1.15 bits per heavy atom. The van der Waals surface area contributed by atoms with Gasteiger partial charge in [-0.05, 0) is 34.7 Å². The lowest BCUT2D eigenvalue weighted by molar-refractivity contribution is -0.149. The summed E-state index contributed by atoms with van der Waals surface area (Å²) in [7, 11) is 1.65. The van der Waals surface area contributed by atoms with Crippen molar-refractivity contribution in [3.63, 3.8) is 0 Å². The summed E-state index contributed by atoms with van der Waals surface area (Å²) in [4.78, 5) is 23.5. The first-order valence-corrected chi connectivity index (χ1v) is 6.32. The molecule has 0 aliphatic rings. The largest absolute Gasteiger partial charge is 0.448 e. The predicted molar refractivity (Wildman–Crippen MR) is 73.1 cm³/mol. The van der Waals surface area contributed by atoms with Crippen LogP contribution in [0, 0.1) is 0 Å². The molecule has 0 aromatic heterocycles. The fourth-order valence-electron chi connectivity index (χ4n) is 1.04. The van der Waals surface area contributed by atoms with E-state index in [0.29, 0.717) is 0 Å². The number of hydrogen-bond donors (Lipinski definition) is 3. The van der Waals surface area contributed by atoms with Crippen molar-refractivity contribution >= 4 is 11.9 Å². The highest BCUT2D eigenvalue weighted by Gasteiger charge is 2.33. The van der Waals surface area contributed by atoms with E-state index in [0.717, 1.165) is 0 Å². The lowest BCUT2D eigenvalue weighted by Gasteiger charge is -2.21. The van der Waals surface area contributed by atoms with Crippen LogP contribution in [0.4, 0.5) is 0 Å². The molecule has 0 aliphatic heterocycles. The highest BCUT2D eigenvalue weighted by molar-refractivity contribution is 5.85. The maximum atomic E-state index is 11.8. The zero-order valence-corrected chi connectivity index (χ0v) is 12.7. The molecule has 0 fully saturated rings. The first-order chi connectivity index (χ1) is 9.17. The Bertz CT molecular complexity index is 332. The summed E-state index contributed by atoms with van der Waals surface area (Å²) in [5.74, 6) is -0.920. The van der Waals surface area contributed by atoms with Crippen LogP contribution in [0.25, 0.3) is 0 Å². The second kappa shape index (κ2) is 7.91.